The quantitative estimate of drug-likeness (QED) is 0.457. The van der Waals surface area contributed by atoms with Crippen LogP contribution in [0.25, 0.3) is 21.9 Å². The zero-order valence-electron chi connectivity index (χ0n) is 12.7. The van der Waals surface area contributed by atoms with Crippen LogP contribution in [0.4, 0.5) is 0 Å². The van der Waals surface area contributed by atoms with Crippen LogP contribution in [0.5, 0.6) is 0 Å². The first-order valence-corrected chi connectivity index (χ1v) is 7.14. The summed E-state index contributed by atoms with van der Waals surface area (Å²) in [6, 6.07) is 14.4. The van der Waals surface area contributed by atoms with Crippen molar-refractivity contribution >= 4 is 21.9 Å². The molecule has 0 N–H and O–H groups in total. The molecule has 19 heavy (non-hydrogen) atoms. The number of hydrogen-bond acceptors (Lipinski definition) is 1. The van der Waals surface area contributed by atoms with E-state index in [9.17, 15) is 0 Å². The monoisotopic (exact) mass is 256 g/mol. The van der Waals surface area contributed by atoms with E-state index in [2.05, 4.69) is 45.0 Å². The summed E-state index contributed by atoms with van der Waals surface area (Å²) in [7, 11) is 0. The van der Waals surface area contributed by atoms with Crippen LogP contribution in [0.3, 0.4) is 0 Å². The van der Waals surface area contributed by atoms with Crippen LogP contribution in [-0.4, -0.2) is 0 Å². The number of aryl methyl sites for hydroxylation is 1. The number of para-hydroxylation sites is 2. The fourth-order valence-electron chi connectivity index (χ4n) is 1.89. The van der Waals surface area contributed by atoms with Gasteiger partial charge in [-0.3, -0.25) is 0 Å². The van der Waals surface area contributed by atoms with Crippen molar-refractivity contribution in [3.8, 4) is 0 Å². The molecule has 0 spiro atoms. The molecule has 0 unspecified atom stereocenters. The third kappa shape index (κ3) is 3.37. The third-order valence-corrected chi connectivity index (χ3v) is 2.60. The molecule has 0 saturated carbocycles. The van der Waals surface area contributed by atoms with E-state index in [0.29, 0.717) is 0 Å². The molecule has 0 aliphatic carbocycles. The Bertz CT molecular complexity index is 620. The van der Waals surface area contributed by atoms with Gasteiger partial charge in [0.05, 0.1) is 0 Å². The standard InChI is InChI=1S/C13H10O.C3H8.C2H6/c1-9-5-4-7-11-10-6-2-3-8-12(10)14-13(9)11;1-3-2;1-2/h2-8H,1H3;3H2,1-2H3;1-2H3. The van der Waals surface area contributed by atoms with Gasteiger partial charge >= 0.3 is 0 Å². The van der Waals surface area contributed by atoms with Crippen molar-refractivity contribution in [2.24, 2.45) is 0 Å². The normalized spacial score (nSPS) is 9.53. The van der Waals surface area contributed by atoms with Gasteiger partial charge in [0, 0.05) is 10.8 Å². The molecule has 0 fully saturated rings. The predicted molar refractivity (Wildman–Crippen MR) is 85.8 cm³/mol. The van der Waals surface area contributed by atoms with Gasteiger partial charge in [-0.1, -0.05) is 70.5 Å². The average Bonchev–Trinajstić information content (AvgIpc) is 2.82. The lowest BCUT2D eigenvalue weighted by molar-refractivity contribution is 0.666. The van der Waals surface area contributed by atoms with Crippen molar-refractivity contribution in [2.75, 3.05) is 0 Å². The molecule has 102 valence electrons. The summed E-state index contributed by atoms with van der Waals surface area (Å²) in [5.41, 5.74) is 3.17. The first-order chi connectivity index (χ1) is 9.27. The Kier molecular flexibility index (Phi) is 6.14. The van der Waals surface area contributed by atoms with Crippen LogP contribution in [0.1, 0.15) is 39.7 Å². The summed E-state index contributed by atoms with van der Waals surface area (Å²) < 4.78 is 5.78. The van der Waals surface area contributed by atoms with E-state index in [1.807, 2.05) is 32.0 Å². The molecular formula is C18H24O. The van der Waals surface area contributed by atoms with Crippen molar-refractivity contribution in [3.05, 3.63) is 48.0 Å². The highest BCUT2D eigenvalue weighted by atomic mass is 16.3. The van der Waals surface area contributed by atoms with Gasteiger partial charge in [-0.2, -0.15) is 0 Å². The first kappa shape index (κ1) is 15.3. The minimum Gasteiger partial charge on any atom is -0.456 e. The van der Waals surface area contributed by atoms with Crippen LogP contribution in [-0.2, 0) is 0 Å². The highest BCUT2D eigenvalue weighted by Crippen LogP contribution is 2.29. The van der Waals surface area contributed by atoms with E-state index in [0.717, 1.165) is 11.2 Å². The lowest BCUT2D eigenvalue weighted by atomic mass is 10.1. The Balaban J connectivity index is 0.000000321. The van der Waals surface area contributed by atoms with Gasteiger partial charge in [-0.05, 0) is 18.6 Å². The molecule has 1 nitrogen and oxygen atoms in total. The van der Waals surface area contributed by atoms with Crippen LogP contribution in [0.2, 0.25) is 0 Å². The second kappa shape index (κ2) is 7.63. The molecule has 3 aromatic rings. The average molecular weight is 256 g/mol. The van der Waals surface area contributed by atoms with Crippen LogP contribution in [0.15, 0.2) is 46.9 Å². The predicted octanol–water partition coefficient (Wildman–Crippen LogP) is 6.34. The van der Waals surface area contributed by atoms with E-state index in [-0.39, 0.29) is 0 Å². The first-order valence-electron chi connectivity index (χ1n) is 7.14. The van der Waals surface area contributed by atoms with Crippen molar-refractivity contribution < 1.29 is 4.42 Å². The Hall–Kier alpha value is -1.76. The van der Waals surface area contributed by atoms with Crippen LogP contribution >= 0.6 is 0 Å². The molecule has 0 radical (unpaired) electrons. The largest absolute Gasteiger partial charge is 0.456 e. The number of hydrogen-bond donors (Lipinski definition) is 0. The molecule has 0 saturated heterocycles. The summed E-state index contributed by atoms with van der Waals surface area (Å²) in [6.45, 7) is 10.3. The summed E-state index contributed by atoms with van der Waals surface area (Å²) in [5, 5.41) is 2.41. The lowest BCUT2D eigenvalue weighted by Crippen LogP contribution is -1.70. The molecular weight excluding hydrogens is 232 g/mol. The maximum absolute atomic E-state index is 5.78. The van der Waals surface area contributed by atoms with Crippen molar-refractivity contribution in [1.82, 2.24) is 0 Å². The van der Waals surface area contributed by atoms with Gasteiger partial charge in [0.2, 0.25) is 0 Å². The van der Waals surface area contributed by atoms with E-state index in [1.54, 1.807) is 0 Å². The number of fused-ring (bicyclic) bond motifs is 3. The van der Waals surface area contributed by atoms with Crippen molar-refractivity contribution in [3.63, 3.8) is 0 Å². The smallest absolute Gasteiger partial charge is 0.138 e. The van der Waals surface area contributed by atoms with Gasteiger partial charge < -0.3 is 4.42 Å². The van der Waals surface area contributed by atoms with Gasteiger partial charge in [-0.15, -0.1) is 0 Å². The Morgan fingerprint density at radius 1 is 0.842 bits per heavy atom. The SMILES string of the molecule is CC.CCC.Cc1cccc2c1oc1ccccc12. The molecule has 0 aliphatic rings. The number of furan rings is 1. The highest BCUT2D eigenvalue weighted by molar-refractivity contribution is 6.05. The van der Waals surface area contributed by atoms with Gasteiger partial charge in [0.1, 0.15) is 11.2 Å². The summed E-state index contributed by atoms with van der Waals surface area (Å²) >= 11 is 0. The Labute approximate surface area is 116 Å². The fraction of sp³-hybridized carbons (Fsp3) is 0.333. The summed E-state index contributed by atoms with van der Waals surface area (Å²) in [4.78, 5) is 0. The minimum absolute atomic E-state index is 0.969. The van der Waals surface area contributed by atoms with Gasteiger partial charge in [0.15, 0.2) is 0 Å². The highest BCUT2D eigenvalue weighted by Gasteiger charge is 2.06. The molecule has 1 aromatic heterocycles. The van der Waals surface area contributed by atoms with Crippen LogP contribution in [0, 0.1) is 6.92 Å². The summed E-state index contributed by atoms with van der Waals surface area (Å²) in [5.74, 6) is 0. The van der Waals surface area contributed by atoms with Gasteiger partial charge in [-0.25, -0.2) is 0 Å². The molecule has 0 aliphatic heterocycles. The second-order valence-corrected chi connectivity index (χ2v) is 4.26. The molecule has 1 heteroatoms. The van der Waals surface area contributed by atoms with E-state index >= 15 is 0 Å². The number of rotatable bonds is 0. The molecule has 2 aromatic carbocycles. The Morgan fingerprint density at radius 2 is 1.42 bits per heavy atom. The van der Waals surface area contributed by atoms with E-state index < -0.39 is 0 Å². The maximum atomic E-state index is 5.78. The number of benzene rings is 2. The Morgan fingerprint density at radius 3 is 2.11 bits per heavy atom. The zero-order valence-corrected chi connectivity index (χ0v) is 12.7. The maximum Gasteiger partial charge on any atom is 0.138 e. The molecule has 0 atom stereocenters. The minimum atomic E-state index is 0.969. The van der Waals surface area contributed by atoms with Crippen molar-refractivity contribution in [1.29, 1.82) is 0 Å². The van der Waals surface area contributed by atoms with E-state index in [4.69, 9.17) is 4.42 Å². The third-order valence-electron chi connectivity index (χ3n) is 2.60. The second-order valence-electron chi connectivity index (χ2n) is 4.26. The fourth-order valence-corrected chi connectivity index (χ4v) is 1.89. The van der Waals surface area contributed by atoms with Crippen LogP contribution < -0.4 is 0 Å². The zero-order chi connectivity index (χ0) is 14.3. The lowest BCUT2D eigenvalue weighted by Gasteiger charge is -1.91. The van der Waals surface area contributed by atoms with Crippen molar-refractivity contribution in [2.45, 2.75) is 41.0 Å². The molecule has 1 heterocycles. The topological polar surface area (TPSA) is 13.1 Å². The van der Waals surface area contributed by atoms with E-state index in [1.165, 1.54) is 22.8 Å². The molecule has 3 rings (SSSR count). The van der Waals surface area contributed by atoms with Gasteiger partial charge in [0.25, 0.3) is 0 Å². The molecule has 0 amide bonds. The molecule has 0 bridgehead atoms. The summed E-state index contributed by atoms with van der Waals surface area (Å²) in [6.07, 6.45) is 1.25.